The Morgan fingerprint density at radius 2 is 2.10 bits per heavy atom. The second-order valence-electron chi connectivity index (χ2n) is 6.32. The number of rotatable bonds is 3. The Hall–Kier alpha value is -0.910. The van der Waals surface area contributed by atoms with E-state index in [-0.39, 0.29) is 5.91 Å². The highest BCUT2D eigenvalue weighted by atomic mass is 32.1. The van der Waals surface area contributed by atoms with Crippen LogP contribution in [-0.2, 0) is 0 Å². The minimum Gasteiger partial charge on any atom is -0.347 e. The average Bonchev–Trinajstić information content (AvgIpc) is 3.02. The summed E-state index contributed by atoms with van der Waals surface area (Å²) in [6.07, 6.45) is 4.84. The van der Waals surface area contributed by atoms with Crippen molar-refractivity contribution < 1.29 is 4.79 Å². The van der Waals surface area contributed by atoms with Crippen LogP contribution in [-0.4, -0.2) is 61.0 Å². The highest BCUT2D eigenvalue weighted by molar-refractivity contribution is 7.12. The van der Waals surface area contributed by atoms with E-state index in [0.717, 1.165) is 17.8 Å². The molecule has 1 N–H and O–H groups in total. The zero-order valence-corrected chi connectivity index (χ0v) is 13.6. The molecule has 0 unspecified atom stereocenters. The minimum absolute atomic E-state index is 0.0974. The molecule has 1 aromatic heterocycles. The number of nitrogens with zero attached hydrogens (tertiary/aromatic N) is 2. The van der Waals surface area contributed by atoms with Crippen LogP contribution in [0, 0.1) is 0 Å². The van der Waals surface area contributed by atoms with Crippen molar-refractivity contribution in [2.45, 2.75) is 37.8 Å². The fourth-order valence-electron chi connectivity index (χ4n) is 3.48. The molecule has 1 aromatic rings. The smallest absolute Gasteiger partial charge is 0.261 e. The van der Waals surface area contributed by atoms with Crippen molar-refractivity contribution in [3.63, 3.8) is 0 Å². The Labute approximate surface area is 131 Å². The standard InChI is InChI=1S/C16H25N3OS/c1-18-9-6-14(7-10-18)19-8-2-4-13(12-19)17-16(20)15-5-3-11-21-15/h3,5,11,13-14H,2,4,6-10,12H2,1H3,(H,17,20)/t13-/m0/s1. The molecular formula is C16H25N3OS. The largest absolute Gasteiger partial charge is 0.347 e. The summed E-state index contributed by atoms with van der Waals surface area (Å²) < 4.78 is 0. The molecule has 0 bridgehead atoms. The van der Waals surface area contributed by atoms with Crippen LogP contribution in [0.15, 0.2) is 17.5 Å². The number of nitrogens with one attached hydrogen (secondary N) is 1. The van der Waals surface area contributed by atoms with Gasteiger partial charge < -0.3 is 10.2 Å². The Morgan fingerprint density at radius 1 is 1.29 bits per heavy atom. The Kier molecular flexibility index (Phi) is 4.93. The molecule has 2 aliphatic rings. The lowest BCUT2D eigenvalue weighted by atomic mass is 9.98. The van der Waals surface area contributed by atoms with Crippen molar-refractivity contribution >= 4 is 17.2 Å². The van der Waals surface area contributed by atoms with E-state index in [1.807, 2.05) is 17.5 Å². The number of carbonyl (C=O) groups is 1. The second-order valence-corrected chi connectivity index (χ2v) is 7.27. The van der Waals surface area contributed by atoms with E-state index in [4.69, 9.17) is 0 Å². The van der Waals surface area contributed by atoms with E-state index in [1.54, 1.807) is 0 Å². The normalized spacial score (nSPS) is 25.9. The van der Waals surface area contributed by atoms with Crippen molar-refractivity contribution in [3.8, 4) is 0 Å². The van der Waals surface area contributed by atoms with Crippen molar-refractivity contribution in [2.24, 2.45) is 0 Å². The predicted octanol–water partition coefficient (Wildman–Crippen LogP) is 2.04. The molecule has 4 nitrogen and oxygen atoms in total. The molecule has 3 heterocycles. The molecule has 5 heteroatoms. The maximum Gasteiger partial charge on any atom is 0.261 e. The fourth-order valence-corrected chi connectivity index (χ4v) is 4.11. The molecule has 2 fully saturated rings. The van der Waals surface area contributed by atoms with E-state index in [9.17, 15) is 4.79 Å². The molecule has 0 aromatic carbocycles. The lowest BCUT2D eigenvalue weighted by molar-refractivity contribution is 0.0768. The van der Waals surface area contributed by atoms with Gasteiger partial charge in [-0.3, -0.25) is 9.69 Å². The number of amides is 1. The van der Waals surface area contributed by atoms with Crippen LogP contribution in [0.1, 0.15) is 35.4 Å². The van der Waals surface area contributed by atoms with Gasteiger partial charge in [0.1, 0.15) is 0 Å². The summed E-state index contributed by atoms with van der Waals surface area (Å²) in [5.74, 6) is 0.0974. The molecule has 2 aliphatic heterocycles. The number of likely N-dealkylation sites (tertiary alicyclic amines) is 2. The summed E-state index contributed by atoms with van der Waals surface area (Å²) in [5, 5.41) is 5.18. The van der Waals surface area contributed by atoms with Gasteiger partial charge in [-0.1, -0.05) is 6.07 Å². The number of hydrogen-bond acceptors (Lipinski definition) is 4. The first-order valence-electron chi connectivity index (χ1n) is 7.99. The summed E-state index contributed by atoms with van der Waals surface area (Å²) in [4.78, 5) is 18.0. The van der Waals surface area contributed by atoms with Gasteiger partial charge in [-0.05, 0) is 63.8 Å². The lowest BCUT2D eigenvalue weighted by Crippen LogP contribution is -2.53. The Morgan fingerprint density at radius 3 is 2.81 bits per heavy atom. The van der Waals surface area contributed by atoms with Crippen molar-refractivity contribution in [2.75, 3.05) is 33.2 Å². The third kappa shape index (κ3) is 3.84. The molecular weight excluding hydrogens is 282 g/mol. The van der Waals surface area contributed by atoms with Crippen LogP contribution in [0.25, 0.3) is 0 Å². The SMILES string of the molecule is CN1CCC(N2CCC[C@H](NC(=O)c3cccs3)C2)CC1. The zero-order chi connectivity index (χ0) is 14.7. The highest BCUT2D eigenvalue weighted by Gasteiger charge is 2.28. The van der Waals surface area contributed by atoms with Crippen molar-refractivity contribution in [1.29, 1.82) is 0 Å². The molecule has 0 radical (unpaired) electrons. The second kappa shape index (κ2) is 6.90. The molecule has 2 saturated heterocycles. The highest BCUT2D eigenvalue weighted by Crippen LogP contribution is 2.21. The monoisotopic (exact) mass is 307 g/mol. The van der Waals surface area contributed by atoms with E-state index >= 15 is 0 Å². The fraction of sp³-hybridized carbons (Fsp3) is 0.688. The number of hydrogen-bond donors (Lipinski definition) is 1. The van der Waals surface area contributed by atoms with Gasteiger partial charge in [0.2, 0.25) is 0 Å². The molecule has 116 valence electrons. The predicted molar refractivity (Wildman–Crippen MR) is 86.9 cm³/mol. The van der Waals surface area contributed by atoms with Crippen LogP contribution in [0.5, 0.6) is 0 Å². The van der Waals surface area contributed by atoms with Crippen LogP contribution in [0.4, 0.5) is 0 Å². The Bertz CT molecular complexity index is 454. The molecule has 0 spiro atoms. The third-order valence-corrected chi connectivity index (χ3v) is 5.61. The van der Waals surface area contributed by atoms with Gasteiger partial charge in [0, 0.05) is 18.6 Å². The van der Waals surface area contributed by atoms with Crippen LogP contribution < -0.4 is 5.32 Å². The van der Waals surface area contributed by atoms with E-state index < -0.39 is 0 Å². The topological polar surface area (TPSA) is 35.6 Å². The van der Waals surface area contributed by atoms with E-state index in [0.29, 0.717) is 12.1 Å². The molecule has 1 atom stereocenters. The summed E-state index contributed by atoms with van der Waals surface area (Å²) in [6, 6.07) is 4.86. The van der Waals surface area contributed by atoms with Gasteiger partial charge in [0.25, 0.3) is 5.91 Å². The zero-order valence-electron chi connectivity index (χ0n) is 12.8. The molecule has 1 amide bonds. The van der Waals surface area contributed by atoms with Crippen LogP contribution in [0.2, 0.25) is 0 Å². The summed E-state index contributed by atoms with van der Waals surface area (Å²) in [6.45, 7) is 4.62. The van der Waals surface area contributed by atoms with Gasteiger partial charge in [0.15, 0.2) is 0 Å². The van der Waals surface area contributed by atoms with Gasteiger partial charge in [-0.15, -0.1) is 11.3 Å². The number of piperidine rings is 2. The Balaban J connectivity index is 1.52. The summed E-state index contributed by atoms with van der Waals surface area (Å²) in [7, 11) is 2.20. The van der Waals surface area contributed by atoms with E-state index in [1.165, 1.54) is 50.2 Å². The quantitative estimate of drug-likeness (QED) is 0.928. The molecule has 21 heavy (non-hydrogen) atoms. The van der Waals surface area contributed by atoms with Gasteiger partial charge >= 0.3 is 0 Å². The maximum absolute atomic E-state index is 12.2. The lowest BCUT2D eigenvalue weighted by Gasteiger charge is -2.41. The molecule has 0 saturated carbocycles. The van der Waals surface area contributed by atoms with Gasteiger partial charge in [-0.2, -0.15) is 0 Å². The third-order valence-electron chi connectivity index (χ3n) is 4.74. The van der Waals surface area contributed by atoms with Crippen molar-refractivity contribution in [3.05, 3.63) is 22.4 Å². The van der Waals surface area contributed by atoms with Gasteiger partial charge in [-0.25, -0.2) is 0 Å². The number of thiophene rings is 1. The molecule has 0 aliphatic carbocycles. The molecule has 3 rings (SSSR count). The first kappa shape index (κ1) is 15.0. The maximum atomic E-state index is 12.2. The first-order chi connectivity index (χ1) is 10.2. The summed E-state index contributed by atoms with van der Waals surface area (Å²) in [5.41, 5.74) is 0. The minimum atomic E-state index is 0.0974. The van der Waals surface area contributed by atoms with Crippen molar-refractivity contribution in [1.82, 2.24) is 15.1 Å². The van der Waals surface area contributed by atoms with Crippen LogP contribution >= 0.6 is 11.3 Å². The van der Waals surface area contributed by atoms with Gasteiger partial charge in [0.05, 0.1) is 4.88 Å². The van der Waals surface area contributed by atoms with Crippen LogP contribution in [0.3, 0.4) is 0 Å². The average molecular weight is 307 g/mol. The van der Waals surface area contributed by atoms with E-state index in [2.05, 4.69) is 22.2 Å². The number of carbonyl (C=O) groups excluding carboxylic acids is 1. The summed E-state index contributed by atoms with van der Waals surface area (Å²) >= 11 is 1.52. The first-order valence-corrected chi connectivity index (χ1v) is 8.87.